The van der Waals surface area contributed by atoms with Gasteiger partial charge in [-0.15, -0.1) is 0 Å². The van der Waals surface area contributed by atoms with E-state index in [2.05, 4.69) is 20.2 Å². The molecule has 0 saturated carbocycles. The Morgan fingerprint density at radius 3 is 2.61 bits per heavy atom. The molecule has 1 amide bonds. The number of rotatable bonds is 6. The molecule has 1 fully saturated rings. The quantitative estimate of drug-likeness (QED) is 0.822. The number of carbonyl (C=O) groups is 1. The third-order valence-electron chi connectivity index (χ3n) is 4.94. The Kier molecular flexibility index (Phi) is 6.34. The van der Waals surface area contributed by atoms with Crippen LogP contribution in [0.1, 0.15) is 36.1 Å². The molecule has 0 bridgehead atoms. The highest BCUT2D eigenvalue weighted by atomic mass is 16.5. The molecule has 0 spiro atoms. The van der Waals surface area contributed by atoms with Crippen molar-refractivity contribution in [2.75, 3.05) is 37.0 Å². The highest BCUT2D eigenvalue weighted by Gasteiger charge is 2.18. The standard InChI is InChI=1S/C21H28N4O3/c1-14-8-9-18(27-4)17(12-14)23-19(26)13-28-20-15(2)16(3)22-21(24-20)25-10-6-5-7-11-25/h8-9,12H,5-7,10-11,13H2,1-4H3,(H,23,26). The molecule has 1 saturated heterocycles. The summed E-state index contributed by atoms with van der Waals surface area (Å²) in [5, 5.41) is 2.84. The number of carbonyl (C=O) groups excluding carboxylic acids is 1. The fraction of sp³-hybridized carbons (Fsp3) is 0.476. The lowest BCUT2D eigenvalue weighted by atomic mass is 10.1. The van der Waals surface area contributed by atoms with Gasteiger partial charge in [-0.25, -0.2) is 4.98 Å². The number of nitrogens with zero attached hydrogens (tertiary/aromatic N) is 3. The molecule has 7 heteroatoms. The number of piperidine rings is 1. The predicted octanol–water partition coefficient (Wildman–Crippen LogP) is 3.42. The second kappa shape index (κ2) is 8.91. The molecule has 0 unspecified atom stereocenters. The van der Waals surface area contributed by atoms with Crippen molar-refractivity contribution in [1.82, 2.24) is 9.97 Å². The smallest absolute Gasteiger partial charge is 0.262 e. The Hall–Kier alpha value is -2.83. The molecule has 7 nitrogen and oxygen atoms in total. The molecule has 0 radical (unpaired) electrons. The van der Waals surface area contributed by atoms with Crippen LogP contribution in [0, 0.1) is 20.8 Å². The van der Waals surface area contributed by atoms with Gasteiger partial charge in [0.25, 0.3) is 5.91 Å². The molecule has 2 heterocycles. The summed E-state index contributed by atoms with van der Waals surface area (Å²) in [6.45, 7) is 7.58. The maximum atomic E-state index is 12.4. The SMILES string of the molecule is COc1ccc(C)cc1NC(=O)COc1nc(N2CCCCC2)nc(C)c1C. The van der Waals surface area contributed by atoms with Crippen LogP contribution in [0.15, 0.2) is 18.2 Å². The normalized spacial score (nSPS) is 13.9. The summed E-state index contributed by atoms with van der Waals surface area (Å²) in [5.74, 6) is 1.48. The summed E-state index contributed by atoms with van der Waals surface area (Å²) in [5.41, 5.74) is 3.37. The molecule has 1 aromatic heterocycles. The molecule has 3 rings (SSSR count). The molecule has 0 aliphatic carbocycles. The van der Waals surface area contributed by atoms with Crippen molar-refractivity contribution in [1.29, 1.82) is 0 Å². The van der Waals surface area contributed by atoms with E-state index in [0.717, 1.165) is 42.8 Å². The number of benzene rings is 1. The van der Waals surface area contributed by atoms with Crippen molar-refractivity contribution in [3.8, 4) is 11.6 Å². The molecule has 1 N–H and O–H groups in total. The summed E-state index contributed by atoms with van der Waals surface area (Å²) >= 11 is 0. The molecule has 1 aliphatic heterocycles. The number of amides is 1. The first-order chi connectivity index (χ1) is 13.5. The summed E-state index contributed by atoms with van der Waals surface area (Å²) in [7, 11) is 1.58. The number of hydrogen-bond donors (Lipinski definition) is 1. The summed E-state index contributed by atoms with van der Waals surface area (Å²) in [6, 6.07) is 5.63. The van der Waals surface area contributed by atoms with Crippen LogP contribution in [-0.4, -0.2) is 42.7 Å². The van der Waals surface area contributed by atoms with Crippen molar-refractivity contribution in [3.05, 3.63) is 35.0 Å². The molecule has 1 aliphatic rings. The minimum absolute atomic E-state index is 0.131. The van der Waals surface area contributed by atoms with Crippen LogP contribution in [0.3, 0.4) is 0 Å². The van der Waals surface area contributed by atoms with Crippen molar-refractivity contribution < 1.29 is 14.3 Å². The van der Waals surface area contributed by atoms with Gasteiger partial charge in [0.15, 0.2) is 6.61 Å². The van der Waals surface area contributed by atoms with Gasteiger partial charge in [0.2, 0.25) is 11.8 Å². The second-order valence-corrected chi connectivity index (χ2v) is 7.13. The van der Waals surface area contributed by atoms with Crippen molar-refractivity contribution in [2.45, 2.75) is 40.0 Å². The molecule has 2 aromatic rings. The molecular formula is C21H28N4O3. The second-order valence-electron chi connectivity index (χ2n) is 7.13. The first-order valence-electron chi connectivity index (χ1n) is 9.65. The summed E-state index contributed by atoms with van der Waals surface area (Å²) in [6.07, 6.45) is 3.54. The van der Waals surface area contributed by atoms with Crippen molar-refractivity contribution in [3.63, 3.8) is 0 Å². The van der Waals surface area contributed by atoms with Gasteiger partial charge in [-0.05, 0) is 57.7 Å². The number of ether oxygens (including phenoxy) is 2. The Morgan fingerprint density at radius 2 is 1.89 bits per heavy atom. The predicted molar refractivity (Wildman–Crippen MR) is 109 cm³/mol. The highest BCUT2D eigenvalue weighted by Crippen LogP contribution is 2.26. The first kappa shape index (κ1) is 19.9. The zero-order valence-corrected chi connectivity index (χ0v) is 17.0. The van der Waals surface area contributed by atoms with E-state index in [9.17, 15) is 4.79 Å². The largest absolute Gasteiger partial charge is 0.495 e. The first-order valence-corrected chi connectivity index (χ1v) is 9.65. The Labute approximate surface area is 166 Å². The van der Waals surface area contributed by atoms with E-state index in [1.54, 1.807) is 7.11 Å². The number of anilines is 2. The van der Waals surface area contributed by atoms with E-state index < -0.39 is 0 Å². The molecule has 28 heavy (non-hydrogen) atoms. The molecule has 1 aromatic carbocycles. The fourth-order valence-electron chi connectivity index (χ4n) is 3.20. The minimum atomic E-state index is -0.265. The van der Waals surface area contributed by atoms with E-state index >= 15 is 0 Å². The Balaban J connectivity index is 1.69. The van der Waals surface area contributed by atoms with E-state index in [1.165, 1.54) is 6.42 Å². The van der Waals surface area contributed by atoms with Crippen LogP contribution in [-0.2, 0) is 4.79 Å². The van der Waals surface area contributed by atoms with Crippen LogP contribution in [0.25, 0.3) is 0 Å². The van der Waals surface area contributed by atoms with Crippen LogP contribution in [0.2, 0.25) is 0 Å². The lowest BCUT2D eigenvalue weighted by Crippen LogP contribution is -2.31. The van der Waals surface area contributed by atoms with Gasteiger partial charge in [-0.2, -0.15) is 4.98 Å². The van der Waals surface area contributed by atoms with Crippen LogP contribution < -0.4 is 19.7 Å². The van der Waals surface area contributed by atoms with Gasteiger partial charge in [0, 0.05) is 24.3 Å². The van der Waals surface area contributed by atoms with E-state index in [1.807, 2.05) is 39.0 Å². The summed E-state index contributed by atoms with van der Waals surface area (Å²) in [4.78, 5) is 23.8. The Morgan fingerprint density at radius 1 is 1.14 bits per heavy atom. The number of nitrogens with one attached hydrogen (secondary N) is 1. The maximum Gasteiger partial charge on any atom is 0.262 e. The van der Waals surface area contributed by atoms with Gasteiger partial charge in [0.05, 0.1) is 12.8 Å². The van der Waals surface area contributed by atoms with Crippen molar-refractivity contribution in [2.24, 2.45) is 0 Å². The average molecular weight is 384 g/mol. The Bertz CT molecular complexity index is 848. The van der Waals surface area contributed by atoms with Crippen LogP contribution in [0.5, 0.6) is 11.6 Å². The monoisotopic (exact) mass is 384 g/mol. The van der Waals surface area contributed by atoms with Crippen LogP contribution in [0.4, 0.5) is 11.6 Å². The van der Waals surface area contributed by atoms with Gasteiger partial charge < -0.3 is 19.7 Å². The average Bonchev–Trinajstić information content (AvgIpc) is 2.70. The van der Waals surface area contributed by atoms with Gasteiger partial charge in [-0.3, -0.25) is 4.79 Å². The van der Waals surface area contributed by atoms with Gasteiger partial charge in [-0.1, -0.05) is 6.07 Å². The number of hydrogen-bond acceptors (Lipinski definition) is 6. The zero-order chi connectivity index (χ0) is 20.1. The fourth-order valence-corrected chi connectivity index (χ4v) is 3.20. The number of methoxy groups -OCH3 is 1. The molecular weight excluding hydrogens is 356 g/mol. The van der Waals surface area contributed by atoms with E-state index in [0.29, 0.717) is 23.3 Å². The van der Waals surface area contributed by atoms with E-state index in [-0.39, 0.29) is 12.5 Å². The topological polar surface area (TPSA) is 76.6 Å². The number of aryl methyl sites for hydroxylation is 2. The van der Waals surface area contributed by atoms with Gasteiger partial charge in [0.1, 0.15) is 5.75 Å². The third kappa shape index (κ3) is 4.71. The van der Waals surface area contributed by atoms with E-state index in [4.69, 9.17) is 9.47 Å². The minimum Gasteiger partial charge on any atom is -0.495 e. The molecule has 0 atom stereocenters. The maximum absolute atomic E-state index is 12.4. The molecule has 150 valence electrons. The highest BCUT2D eigenvalue weighted by molar-refractivity contribution is 5.93. The van der Waals surface area contributed by atoms with Crippen molar-refractivity contribution >= 4 is 17.5 Å². The number of aromatic nitrogens is 2. The van der Waals surface area contributed by atoms with Crippen LogP contribution >= 0.6 is 0 Å². The lowest BCUT2D eigenvalue weighted by molar-refractivity contribution is -0.118. The van der Waals surface area contributed by atoms with Gasteiger partial charge >= 0.3 is 0 Å². The third-order valence-corrected chi connectivity index (χ3v) is 4.94. The summed E-state index contributed by atoms with van der Waals surface area (Å²) < 4.78 is 11.1. The zero-order valence-electron chi connectivity index (χ0n) is 17.0. The lowest BCUT2D eigenvalue weighted by Gasteiger charge is -2.27.